The van der Waals surface area contributed by atoms with E-state index in [9.17, 15) is 14.3 Å². The van der Waals surface area contributed by atoms with Gasteiger partial charge in [0.2, 0.25) is 0 Å². The van der Waals surface area contributed by atoms with Gasteiger partial charge in [0.25, 0.3) is 0 Å². The Morgan fingerprint density at radius 2 is 1.94 bits per heavy atom. The lowest BCUT2D eigenvalue weighted by atomic mass is 10.1. The van der Waals surface area contributed by atoms with Gasteiger partial charge in [-0.25, -0.2) is 14.2 Å². The molecule has 1 saturated carbocycles. The Kier molecular flexibility index (Phi) is 5.71. The maximum Gasteiger partial charge on any atom is 0.410 e. The number of nitrogens with zero attached hydrogens (tertiary/aromatic N) is 5. The summed E-state index contributed by atoms with van der Waals surface area (Å²) in [6.07, 6.45) is 4.59. The maximum absolute atomic E-state index is 14.9. The number of ether oxygens (including phenoxy) is 2. The quantitative estimate of drug-likeness (QED) is 0.631. The Morgan fingerprint density at radius 3 is 2.53 bits per heavy atom. The second kappa shape index (κ2) is 8.34. The van der Waals surface area contributed by atoms with Crippen molar-refractivity contribution in [1.82, 2.24) is 19.9 Å². The van der Waals surface area contributed by atoms with E-state index in [4.69, 9.17) is 21.1 Å². The molecule has 3 fully saturated rings. The lowest BCUT2D eigenvalue weighted by molar-refractivity contribution is 0.0122. The van der Waals surface area contributed by atoms with Crippen LogP contribution in [0.2, 0.25) is 5.15 Å². The van der Waals surface area contributed by atoms with Crippen molar-refractivity contribution in [2.75, 3.05) is 31.2 Å². The number of aromatic nitrogens is 3. The first kappa shape index (κ1) is 23.3. The molecule has 4 heterocycles. The summed E-state index contributed by atoms with van der Waals surface area (Å²) in [5.41, 5.74) is -0.806. The summed E-state index contributed by atoms with van der Waals surface area (Å²) in [4.78, 5) is 29.5. The normalized spacial score (nSPS) is 23.4. The van der Waals surface area contributed by atoms with Crippen LogP contribution in [0.15, 0.2) is 6.20 Å². The van der Waals surface area contributed by atoms with Gasteiger partial charge in [-0.2, -0.15) is 9.97 Å². The van der Waals surface area contributed by atoms with Gasteiger partial charge >= 0.3 is 12.1 Å². The molecule has 2 atom stereocenters. The molecule has 9 nitrogen and oxygen atoms in total. The van der Waals surface area contributed by atoms with Gasteiger partial charge < -0.3 is 19.5 Å². The van der Waals surface area contributed by atoms with Crippen molar-refractivity contribution in [2.24, 2.45) is 5.41 Å². The summed E-state index contributed by atoms with van der Waals surface area (Å²) in [6.45, 7) is 6.88. The van der Waals surface area contributed by atoms with Crippen molar-refractivity contribution < 1.29 is 23.8 Å². The standard InChI is InChI=1S/C23H29ClFN5O4/c1-22(2,3)34-21(32)30-13-4-5-14(30)10-29(9-13)19-15-8-26-18(24)16(25)17(15)27-20(28-19)33-12-23(11-31)6-7-23/h8,13-14,31H,4-7,9-12H2,1-3H3/t13-,14+. The third kappa shape index (κ3) is 4.33. The van der Waals surface area contributed by atoms with Crippen LogP contribution < -0.4 is 9.64 Å². The van der Waals surface area contributed by atoms with Crippen molar-refractivity contribution >= 4 is 34.4 Å². The van der Waals surface area contributed by atoms with Crippen LogP contribution in [0.4, 0.5) is 15.0 Å². The number of aliphatic hydroxyl groups is 1. The third-order valence-corrected chi connectivity index (χ3v) is 7.05. The van der Waals surface area contributed by atoms with E-state index < -0.39 is 11.4 Å². The van der Waals surface area contributed by atoms with E-state index in [-0.39, 0.29) is 53.5 Å². The predicted octanol–water partition coefficient (Wildman–Crippen LogP) is 3.56. The zero-order valence-electron chi connectivity index (χ0n) is 19.6. The fraction of sp³-hybridized carbons (Fsp3) is 0.652. The Labute approximate surface area is 202 Å². The fourth-order valence-electron chi connectivity index (χ4n) is 4.74. The van der Waals surface area contributed by atoms with Gasteiger partial charge in [0.15, 0.2) is 11.0 Å². The zero-order valence-corrected chi connectivity index (χ0v) is 20.3. The summed E-state index contributed by atoms with van der Waals surface area (Å²) in [5, 5.41) is 9.76. The number of amides is 1. The second-order valence-electron chi connectivity index (χ2n) is 10.6. The van der Waals surface area contributed by atoms with E-state index in [1.54, 1.807) is 0 Å². The van der Waals surface area contributed by atoms with Gasteiger partial charge in [0.05, 0.1) is 30.7 Å². The van der Waals surface area contributed by atoms with E-state index >= 15 is 0 Å². The van der Waals surface area contributed by atoms with Gasteiger partial charge in [-0.05, 0) is 46.5 Å². The minimum Gasteiger partial charge on any atom is -0.463 e. The summed E-state index contributed by atoms with van der Waals surface area (Å²) in [6, 6.07) is -0.0558. The Balaban J connectivity index is 1.45. The number of hydrogen-bond donors (Lipinski definition) is 1. The molecule has 0 spiro atoms. The summed E-state index contributed by atoms with van der Waals surface area (Å²) < 4.78 is 26.3. The van der Waals surface area contributed by atoms with E-state index in [0.717, 1.165) is 25.7 Å². The predicted molar refractivity (Wildman–Crippen MR) is 124 cm³/mol. The van der Waals surface area contributed by atoms with Crippen LogP contribution in [0.25, 0.3) is 10.9 Å². The average Bonchev–Trinajstić information content (AvgIpc) is 3.51. The topological polar surface area (TPSA) is 101 Å². The number of piperazine rings is 1. The minimum atomic E-state index is -0.730. The van der Waals surface area contributed by atoms with Crippen LogP contribution in [0.5, 0.6) is 6.01 Å². The number of aliphatic hydroxyl groups excluding tert-OH is 1. The minimum absolute atomic E-state index is 0.0214. The van der Waals surface area contributed by atoms with Crippen LogP contribution in [-0.4, -0.2) is 75.0 Å². The lowest BCUT2D eigenvalue weighted by Crippen LogP contribution is -2.57. The van der Waals surface area contributed by atoms with Crippen molar-refractivity contribution in [3.63, 3.8) is 0 Å². The highest BCUT2D eigenvalue weighted by atomic mass is 35.5. The van der Waals surface area contributed by atoms with Crippen LogP contribution in [0.1, 0.15) is 46.5 Å². The summed E-state index contributed by atoms with van der Waals surface area (Å²) >= 11 is 5.93. The number of rotatable bonds is 5. The molecule has 11 heteroatoms. The highest BCUT2D eigenvalue weighted by Crippen LogP contribution is 2.45. The van der Waals surface area contributed by atoms with E-state index in [1.165, 1.54) is 6.20 Å². The van der Waals surface area contributed by atoms with Crippen LogP contribution >= 0.6 is 11.6 Å². The number of anilines is 1. The molecular formula is C23H29ClFN5O4. The monoisotopic (exact) mass is 493 g/mol. The van der Waals surface area contributed by atoms with Crippen molar-refractivity contribution in [3.8, 4) is 6.01 Å². The van der Waals surface area contributed by atoms with Gasteiger partial charge in [-0.1, -0.05) is 11.6 Å². The molecule has 0 radical (unpaired) electrons. The van der Waals surface area contributed by atoms with Crippen LogP contribution in [-0.2, 0) is 4.74 Å². The molecule has 1 amide bonds. The highest BCUT2D eigenvalue weighted by Gasteiger charge is 2.45. The molecule has 0 aromatic carbocycles. The first-order valence-electron chi connectivity index (χ1n) is 11.6. The van der Waals surface area contributed by atoms with Crippen molar-refractivity contribution in [3.05, 3.63) is 17.2 Å². The molecule has 1 aliphatic carbocycles. The molecule has 0 unspecified atom stereocenters. The van der Waals surface area contributed by atoms with Gasteiger partial charge in [0, 0.05) is 24.7 Å². The van der Waals surface area contributed by atoms with Crippen LogP contribution in [0, 0.1) is 11.2 Å². The lowest BCUT2D eigenvalue weighted by Gasteiger charge is -2.42. The van der Waals surface area contributed by atoms with E-state index in [1.807, 2.05) is 30.6 Å². The summed E-state index contributed by atoms with van der Waals surface area (Å²) in [7, 11) is 0. The van der Waals surface area contributed by atoms with Crippen LogP contribution in [0.3, 0.4) is 0 Å². The maximum atomic E-state index is 14.9. The molecule has 34 heavy (non-hydrogen) atoms. The number of halogens is 2. The zero-order chi connectivity index (χ0) is 24.3. The van der Waals surface area contributed by atoms with Gasteiger partial charge in [-0.3, -0.25) is 4.90 Å². The van der Waals surface area contributed by atoms with Gasteiger partial charge in [-0.15, -0.1) is 0 Å². The molecule has 2 aromatic heterocycles. The molecule has 2 aromatic rings. The smallest absolute Gasteiger partial charge is 0.410 e. The molecule has 2 bridgehead atoms. The molecule has 3 aliphatic rings. The Hall–Kier alpha value is -2.46. The SMILES string of the molecule is CC(C)(C)OC(=O)N1[C@@H]2CC[C@H]1CN(c1nc(OCC3(CO)CC3)nc3c(F)c(Cl)ncc13)C2. The first-order valence-corrected chi connectivity index (χ1v) is 12.0. The fourth-order valence-corrected chi connectivity index (χ4v) is 4.87. The first-order chi connectivity index (χ1) is 16.1. The van der Waals surface area contributed by atoms with E-state index in [2.05, 4.69) is 15.0 Å². The Bertz CT molecular complexity index is 1110. The second-order valence-corrected chi connectivity index (χ2v) is 10.9. The summed E-state index contributed by atoms with van der Waals surface area (Å²) in [5.74, 6) is -0.232. The number of carbonyl (C=O) groups is 1. The van der Waals surface area contributed by atoms with E-state index in [0.29, 0.717) is 24.3 Å². The molecule has 1 N–H and O–H groups in total. The van der Waals surface area contributed by atoms with Crippen molar-refractivity contribution in [1.29, 1.82) is 0 Å². The highest BCUT2D eigenvalue weighted by molar-refractivity contribution is 6.30. The largest absolute Gasteiger partial charge is 0.463 e. The molecule has 5 rings (SSSR count). The molecule has 2 saturated heterocycles. The average molecular weight is 494 g/mol. The third-order valence-electron chi connectivity index (χ3n) is 6.79. The number of fused-ring (bicyclic) bond motifs is 3. The number of hydrogen-bond acceptors (Lipinski definition) is 8. The Morgan fingerprint density at radius 1 is 1.26 bits per heavy atom. The number of pyridine rings is 1. The molecule has 2 aliphatic heterocycles. The molecular weight excluding hydrogens is 465 g/mol. The van der Waals surface area contributed by atoms with Gasteiger partial charge in [0.1, 0.15) is 16.9 Å². The number of carbonyl (C=O) groups excluding carboxylic acids is 1. The molecule has 184 valence electrons. The van der Waals surface area contributed by atoms with Crippen molar-refractivity contribution in [2.45, 2.75) is 64.1 Å².